The molecule has 0 aromatic heterocycles. The van der Waals surface area contributed by atoms with Crippen molar-refractivity contribution < 1.29 is 9.84 Å². The summed E-state index contributed by atoms with van der Waals surface area (Å²) in [5.74, 6) is 0.721. The normalized spacial score (nSPS) is 12.2. The summed E-state index contributed by atoms with van der Waals surface area (Å²) in [6.45, 7) is 3.52. The third kappa shape index (κ3) is 2.32. The van der Waals surface area contributed by atoms with Crippen LogP contribution < -0.4 is 4.74 Å². The molecule has 3 heteroatoms. The van der Waals surface area contributed by atoms with E-state index in [0.717, 1.165) is 15.8 Å². The molecule has 0 radical (unpaired) electrons. The highest BCUT2D eigenvalue weighted by molar-refractivity contribution is 9.10. The minimum absolute atomic E-state index is 0.663. The van der Waals surface area contributed by atoms with Gasteiger partial charge in [-0.15, -0.1) is 6.58 Å². The Morgan fingerprint density at radius 2 is 2.31 bits per heavy atom. The standard InChI is InChI=1S/C10H11BrO2/c1-3-10(12)8-6-7(13-2)4-5-9(8)11/h3-6,10,12H,1H2,2H3. The van der Waals surface area contributed by atoms with Crippen LogP contribution in [0.5, 0.6) is 5.75 Å². The van der Waals surface area contributed by atoms with Gasteiger partial charge in [0.05, 0.1) is 13.2 Å². The van der Waals surface area contributed by atoms with Gasteiger partial charge in [0.2, 0.25) is 0 Å². The number of benzene rings is 1. The average Bonchev–Trinajstić information content (AvgIpc) is 2.17. The lowest BCUT2D eigenvalue weighted by atomic mass is 10.1. The summed E-state index contributed by atoms with van der Waals surface area (Å²) in [7, 11) is 1.59. The Labute approximate surface area is 86.0 Å². The molecule has 0 heterocycles. The lowest BCUT2D eigenvalue weighted by Crippen LogP contribution is -1.95. The SMILES string of the molecule is C=CC(O)c1cc(OC)ccc1Br. The molecule has 0 aliphatic heterocycles. The summed E-state index contributed by atoms with van der Waals surface area (Å²) in [6.07, 6.45) is 0.809. The number of rotatable bonds is 3. The molecule has 1 aromatic carbocycles. The Balaban J connectivity index is 3.10. The zero-order valence-corrected chi connectivity index (χ0v) is 8.91. The summed E-state index contributed by atoms with van der Waals surface area (Å²) in [5, 5.41) is 9.53. The predicted molar refractivity (Wildman–Crippen MR) is 55.9 cm³/mol. The van der Waals surface area contributed by atoms with Gasteiger partial charge in [0.25, 0.3) is 0 Å². The molecule has 1 rings (SSSR count). The molecule has 0 bridgehead atoms. The molecular formula is C10H11BrO2. The van der Waals surface area contributed by atoms with Crippen LogP contribution in [0.3, 0.4) is 0 Å². The van der Waals surface area contributed by atoms with Crippen molar-refractivity contribution in [2.24, 2.45) is 0 Å². The molecule has 0 spiro atoms. The van der Waals surface area contributed by atoms with Gasteiger partial charge >= 0.3 is 0 Å². The summed E-state index contributed by atoms with van der Waals surface area (Å²) in [4.78, 5) is 0. The Morgan fingerprint density at radius 1 is 1.62 bits per heavy atom. The highest BCUT2D eigenvalue weighted by Crippen LogP contribution is 2.27. The maximum atomic E-state index is 9.53. The molecule has 0 saturated carbocycles. The van der Waals surface area contributed by atoms with Gasteiger partial charge in [-0.3, -0.25) is 0 Å². The number of aliphatic hydroxyl groups is 1. The molecule has 1 aromatic rings. The Kier molecular flexibility index (Phi) is 3.51. The molecule has 2 nitrogen and oxygen atoms in total. The first-order valence-electron chi connectivity index (χ1n) is 3.83. The van der Waals surface area contributed by atoms with Crippen LogP contribution in [-0.4, -0.2) is 12.2 Å². The topological polar surface area (TPSA) is 29.5 Å². The first-order chi connectivity index (χ1) is 6.19. The Hall–Kier alpha value is -0.800. The van der Waals surface area contributed by atoms with Crippen LogP contribution in [-0.2, 0) is 0 Å². The fourth-order valence-electron chi connectivity index (χ4n) is 1.00. The van der Waals surface area contributed by atoms with E-state index in [4.69, 9.17) is 4.74 Å². The van der Waals surface area contributed by atoms with E-state index in [2.05, 4.69) is 22.5 Å². The Bertz CT molecular complexity index is 310. The van der Waals surface area contributed by atoms with E-state index in [1.165, 1.54) is 6.08 Å². The van der Waals surface area contributed by atoms with E-state index >= 15 is 0 Å². The minimum Gasteiger partial charge on any atom is -0.497 e. The van der Waals surface area contributed by atoms with Gasteiger partial charge < -0.3 is 9.84 Å². The number of halogens is 1. The van der Waals surface area contributed by atoms with Gasteiger partial charge in [-0.05, 0) is 18.2 Å². The molecule has 0 saturated heterocycles. The Morgan fingerprint density at radius 3 is 2.85 bits per heavy atom. The molecule has 70 valence electrons. The number of ether oxygens (including phenoxy) is 1. The average molecular weight is 243 g/mol. The number of hydrogen-bond donors (Lipinski definition) is 1. The van der Waals surface area contributed by atoms with Crippen molar-refractivity contribution in [3.8, 4) is 5.75 Å². The van der Waals surface area contributed by atoms with Crippen molar-refractivity contribution >= 4 is 15.9 Å². The second-order valence-corrected chi connectivity index (χ2v) is 3.42. The zero-order valence-electron chi connectivity index (χ0n) is 7.33. The first-order valence-corrected chi connectivity index (χ1v) is 4.62. The molecule has 13 heavy (non-hydrogen) atoms. The third-order valence-corrected chi connectivity index (χ3v) is 2.47. The summed E-state index contributed by atoms with van der Waals surface area (Å²) < 4.78 is 5.89. The van der Waals surface area contributed by atoms with E-state index in [9.17, 15) is 5.11 Å². The lowest BCUT2D eigenvalue weighted by molar-refractivity contribution is 0.227. The van der Waals surface area contributed by atoms with Gasteiger partial charge in [0.15, 0.2) is 0 Å². The molecule has 1 unspecified atom stereocenters. The van der Waals surface area contributed by atoms with Crippen LogP contribution in [0.1, 0.15) is 11.7 Å². The van der Waals surface area contributed by atoms with E-state index in [-0.39, 0.29) is 0 Å². The van der Waals surface area contributed by atoms with Crippen LogP contribution in [0.25, 0.3) is 0 Å². The molecule has 0 fully saturated rings. The lowest BCUT2D eigenvalue weighted by Gasteiger charge is -2.09. The highest BCUT2D eigenvalue weighted by Gasteiger charge is 2.08. The molecule has 0 amide bonds. The molecule has 1 N–H and O–H groups in total. The quantitative estimate of drug-likeness (QED) is 0.827. The number of hydrogen-bond acceptors (Lipinski definition) is 2. The number of methoxy groups -OCH3 is 1. The minimum atomic E-state index is -0.663. The van der Waals surface area contributed by atoms with Gasteiger partial charge in [0.1, 0.15) is 5.75 Å². The van der Waals surface area contributed by atoms with E-state index in [0.29, 0.717) is 0 Å². The van der Waals surface area contributed by atoms with Gasteiger partial charge in [-0.2, -0.15) is 0 Å². The maximum Gasteiger partial charge on any atom is 0.119 e. The second kappa shape index (κ2) is 4.44. The van der Waals surface area contributed by atoms with E-state index in [1.54, 1.807) is 13.2 Å². The molecule has 0 aliphatic carbocycles. The monoisotopic (exact) mass is 242 g/mol. The van der Waals surface area contributed by atoms with Gasteiger partial charge in [-0.1, -0.05) is 22.0 Å². The molecule has 0 aliphatic rings. The fraction of sp³-hybridized carbons (Fsp3) is 0.200. The van der Waals surface area contributed by atoms with Crippen molar-refractivity contribution in [1.29, 1.82) is 0 Å². The van der Waals surface area contributed by atoms with Crippen molar-refractivity contribution in [2.45, 2.75) is 6.10 Å². The fourth-order valence-corrected chi connectivity index (χ4v) is 1.48. The van der Waals surface area contributed by atoms with Crippen LogP contribution in [0.4, 0.5) is 0 Å². The van der Waals surface area contributed by atoms with Crippen LogP contribution in [0.15, 0.2) is 35.3 Å². The predicted octanol–water partition coefficient (Wildman–Crippen LogP) is 2.68. The van der Waals surface area contributed by atoms with Crippen LogP contribution in [0, 0.1) is 0 Å². The zero-order chi connectivity index (χ0) is 9.84. The summed E-state index contributed by atoms with van der Waals surface area (Å²) >= 11 is 3.34. The summed E-state index contributed by atoms with van der Waals surface area (Å²) in [5.41, 5.74) is 0.759. The van der Waals surface area contributed by atoms with Crippen LogP contribution >= 0.6 is 15.9 Å². The molecular weight excluding hydrogens is 232 g/mol. The van der Waals surface area contributed by atoms with Crippen molar-refractivity contribution in [3.05, 3.63) is 40.9 Å². The summed E-state index contributed by atoms with van der Waals surface area (Å²) in [6, 6.07) is 5.43. The number of aliphatic hydroxyl groups excluding tert-OH is 1. The van der Waals surface area contributed by atoms with Crippen molar-refractivity contribution in [2.75, 3.05) is 7.11 Å². The smallest absolute Gasteiger partial charge is 0.119 e. The maximum absolute atomic E-state index is 9.53. The third-order valence-electron chi connectivity index (χ3n) is 1.75. The van der Waals surface area contributed by atoms with Gasteiger partial charge in [0, 0.05) is 10.0 Å². The van der Waals surface area contributed by atoms with Gasteiger partial charge in [-0.25, -0.2) is 0 Å². The van der Waals surface area contributed by atoms with E-state index in [1.807, 2.05) is 12.1 Å². The first kappa shape index (κ1) is 10.3. The highest BCUT2D eigenvalue weighted by atomic mass is 79.9. The molecule has 1 atom stereocenters. The van der Waals surface area contributed by atoms with Crippen LogP contribution in [0.2, 0.25) is 0 Å². The largest absolute Gasteiger partial charge is 0.497 e. The van der Waals surface area contributed by atoms with E-state index < -0.39 is 6.10 Å². The van der Waals surface area contributed by atoms with Crippen molar-refractivity contribution in [1.82, 2.24) is 0 Å². The second-order valence-electron chi connectivity index (χ2n) is 2.57. The van der Waals surface area contributed by atoms with Crippen molar-refractivity contribution in [3.63, 3.8) is 0 Å².